The van der Waals surface area contributed by atoms with Crippen molar-refractivity contribution in [2.24, 2.45) is 17.3 Å². The van der Waals surface area contributed by atoms with E-state index in [9.17, 15) is 9.59 Å². The van der Waals surface area contributed by atoms with E-state index in [0.717, 1.165) is 25.7 Å². The van der Waals surface area contributed by atoms with Crippen molar-refractivity contribution in [2.75, 3.05) is 0 Å². The van der Waals surface area contributed by atoms with E-state index in [2.05, 4.69) is 0 Å². The number of carbonyl (C=O) groups excluding carboxylic acids is 1. The Hall–Kier alpha value is -1.06. The summed E-state index contributed by atoms with van der Waals surface area (Å²) < 4.78 is 5.43. The highest BCUT2D eigenvalue weighted by atomic mass is 16.5. The van der Waals surface area contributed by atoms with Crippen LogP contribution in [0.25, 0.3) is 0 Å². The van der Waals surface area contributed by atoms with Crippen LogP contribution in [0.15, 0.2) is 0 Å². The lowest BCUT2D eigenvalue weighted by atomic mass is 9.98. The maximum atomic E-state index is 11.9. The average molecular weight is 240 g/mol. The molecule has 96 valence electrons. The van der Waals surface area contributed by atoms with Gasteiger partial charge in [-0.25, -0.2) is 0 Å². The number of hydrogen-bond donors (Lipinski definition) is 1. The number of aliphatic carboxylic acids is 1. The molecular formula is C13H20O4. The van der Waals surface area contributed by atoms with E-state index in [1.165, 1.54) is 6.42 Å². The highest BCUT2D eigenvalue weighted by molar-refractivity contribution is 5.88. The zero-order valence-electron chi connectivity index (χ0n) is 10.4. The van der Waals surface area contributed by atoms with E-state index in [0.29, 0.717) is 0 Å². The van der Waals surface area contributed by atoms with Gasteiger partial charge in [-0.1, -0.05) is 20.3 Å². The second-order valence-corrected chi connectivity index (χ2v) is 5.81. The lowest BCUT2D eigenvalue weighted by Crippen LogP contribution is -2.23. The minimum absolute atomic E-state index is 0.0158. The van der Waals surface area contributed by atoms with Gasteiger partial charge in [0.1, 0.15) is 6.10 Å². The summed E-state index contributed by atoms with van der Waals surface area (Å²) in [6, 6.07) is 0. The predicted molar refractivity (Wildman–Crippen MR) is 61.4 cm³/mol. The Morgan fingerprint density at radius 2 is 1.71 bits per heavy atom. The van der Waals surface area contributed by atoms with Crippen molar-refractivity contribution >= 4 is 11.9 Å². The second-order valence-electron chi connectivity index (χ2n) is 5.81. The van der Waals surface area contributed by atoms with E-state index in [1.54, 1.807) is 0 Å². The van der Waals surface area contributed by atoms with E-state index in [4.69, 9.17) is 9.84 Å². The molecule has 0 radical (unpaired) electrons. The fraction of sp³-hybridized carbons (Fsp3) is 0.846. The molecule has 0 aromatic heterocycles. The largest absolute Gasteiger partial charge is 0.481 e. The second kappa shape index (κ2) is 4.31. The Bertz CT molecular complexity index is 328. The summed E-state index contributed by atoms with van der Waals surface area (Å²) in [7, 11) is 0. The molecule has 2 aliphatic rings. The fourth-order valence-corrected chi connectivity index (χ4v) is 2.96. The monoisotopic (exact) mass is 240 g/mol. The number of carbonyl (C=O) groups is 2. The standard InChI is InChI=1S/C13H20O4/c1-13(2)9(11(14)15)10(13)12(16)17-8-6-4-3-5-7-8/h8-10H,3-7H2,1-2H3,(H,14,15). The molecule has 4 nitrogen and oxygen atoms in total. The van der Waals surface area contributed by atoms with Crippen molar-refractivity contribution in [3.63, 3.8) is 0 Å². The Balaban J connectivity index is 1.90. The first-order valence-corrected chi connectivity index (χ1v) is 6.38. The minimum atomic E-state index is -0.888. The Kier molecular flexibility index (Phi) is 3.15. The summed E-state index contributed by atoms with van der Waals surface area (Å²) in [5, 5.41) is 9.01. The molecule has 0 amide bonds. The van der Waals surface area contributed by atoms with Crippen molar-refractivity contribution in [1.29, 1.82) is 0 Å². The number of hydrogen-bond acceptors (Lipinski definition) is 3. The summed E-state index contributed by atoms with van der Waals surface area (Å²) in [5.41, 5.74) is -0.447. The molecule has 0 bridgehead atoms. The number of rotatable bonds is 3. The zero-order chi connectivity index (χ0) is 12.6. The van der Waals surface area contributed by atoms with E-state index in [-0.39, 0.29) is 12.1 Å². The molecule has 0 aromatic rings. The molecular weight excluding hydrogens is 220 g/mol. The lowest BCUT2D eigenvalue weighted by molar-refractivity contribution is -0.154. The normalized spacial score (nSPS) is 31.9. The maximum Gasteiger partial charge on any atom is 0.310 e. The van der Waals surface area contributed by atoms with Gasteiger partial charge in [-0.05, 0) is 31.1 Å². The van der Waals surface area contributed by atoms with E-state index >= 15 is 0 Å². The Labute approximate surface area is 101 Å². The molecule has 2 unspecified atom stereocenters. The summed E-state index contributed by atoms with van der Waals surface area (Å²) in [4.78, 5) is 22.9. The molecule has 2 saturated carbocycles. The number of esters is 1. The predicted octanol–water partition coefficient (Wildman–Crippen LogP) is 2.22. The van der Waals surface area contributed by atoms with Crippen LogP contribution in [0.2, 0.25) is 0 Å². The van der Waals surface area contributed by atoms with Crippen molar-refractivity contribution < 1.29 is 19.4 Å². The third kappa shape index (κ3) is 2.31. The SMILES string of the molecule is CC1(C)C(C(=O)O)C1C(=O)OC1CCCCC1. The molecule has 1 N–H and O–H groups in total. The van der Waals surface area contributed by atoms with Crippen LogP contribution in [0.4, 0.5) is 0 Å². The zero-order valence-corrected chi connectivity index (χ0v) is 10.4. The van der Waals surface area contributed by atoms with E-state index in [1.807, 2.05) is 13.8 Å². The average Bonchev–Trinajstić information content (AvgIpc) is 2.83. The van der Waals surface area contributed by atoms with Crippen LogP contribution in [-0.2, 0) is 14.3 Å². The summed E-state index contributed by atoms with van der Waals surface area (Å²) in [6.07, 6.45) is 5.29. The first-order valence-electron chi connectivity index (χ1n) is 6.38. The smallest absolute Gasteiger partial charge is 0.310 e. The molecule has 2 atom stereocenters. The summed E-state index contributed by atoms with van der Waals surface area (Å²) in [5.74, 6) is -2.23. The highest BCUT2D eigenvalue weighted by Crippen LogP contribution is 2.59. The topological polar surface area (TPSA) is 63.6 Å². The number of ether oxygens (including phenoxy) is 1. The van der Waals surface area contributed by atoms with Gasteiger partial charge in [-0.15, -0.1) is 0 Å². The van der Waals surface area contributed by atoms with Crippen LogP contribution in [0.3, 0.4) is 0 Å². The molecule has 4 heteroatoms. The Morgan fingerprint density at radius 3 is 2.18 bits per heavy atom. The molecule has 0 aliphatic heterocycles. The molecule has 0 saturated heterocycles. The first kappa shape index (κ1) is 12.4. The van der Waals surface area contributed by atoms with Crippen LogP contribution >= 0.6 is 0 Å². The third-order valence-corrected chi connectivity index (χ3v) is 4.18. The first-order chi connectivity index (χ1) is 7.94. The van der Waals surface area contributed by atoms with Gasteiger partial charge in [0.25, 0.3) is 0 Å². The summed E-state index contributed by atoms with van der Waals surface area (Å²) in [6.45, 7) is 3.64. The number of carboxylic acids is 1. The molecule has 2 aliphatic carbocycles. The van der Waals surface area contributed by atoms with Crippen molar-refractivity contribution in [1.82, 2.24) is 0 Å². The van der Waals surface area contributed by atoms with Gasteiger partial charge < -0.3 is 9.84 Å². The van der Waals surface area contributed by atoms with Gasteiger partial charge in [0, 0.05) is 0 Å². The molecule has 2 fully saturated rings. The third-order valence-electron chi connectivity index (χ3n) is 4.18. The highest BCUT2D eigenvalue weighted by Gasteiger charge is 2.67. The van der Waals surface area contributed by atoms with Gasteiger partial charge in [0.15, 0.2) is 0 Å². The van der Waals surface area contributed by atoms with Crippen LogP contribution in [0.1, 0.15) is 46.0 Å². The van der Waals surface area contributed by atoms with Gasteiger partial charge in [-0.3, -0.25) is 9.59 Å². The van der Waals surface area contributed by atoms with Gasteiger partial charge in [0.2, 0.25) is 0 Å². The molecule has 0 aromatic carbocycles. The van der Waals surface area contributed by atoms with Crippen LogP contribution < -0.4 is 0 Å². The molecule has 0 heterocycles. The minimum Gasteiger partial charge on any atom is -0.481 e. The lowest BCUT2D eigenvalue weighted by Gasteiger charge is -2.22. The van der Waals surface area contributed by atoms with Gasteiger partial charge in [-0.2, -0.15) is 0 Å². The van der Waals surface area contributed by atoms with Crippen molar-refractivity contribution in [3.8, 4) is 0 Å². The molecule has 2 rings (SSSR count). The molecule has 0 spiro atoms. The van der Waals surface area contributed by atoms with Gasteiger partial charge >= 0.3 is 11.9 Å². The quantitative estimate of drug-likeness (QED) is 0.768. The van der Waals surface area contributed by atoms with E-state index < -0.39 is 23.2 Å². The molecule has 17 heavy (non-hydrogen) atoms. The maximum absolute atomic E-state index is 11.9. The van der Waals surface area contributed by atoms with Crippen LogP contribution in [-0.4, -0.2) is 23.1 Å². The fourth-order valence-electron chi connectivity index (χ4n) is 2.96. The van der Waals surface area contributed by atoms with Crippen LogP contribution in [0, 0.1) is 17.3 Å². The summed E-state index contributed by atoms with van der Waals surface area (Å²) >= 11 is 0. The number of carboxylic acid groups (broad SMARTS) is 1. The van der Waals surface area contributed by atoms with Crippen LogP contribution in [0.5, 0.6) is 0 Å². The van der Waals surface area contributed by atoms with Crippen molar-refractivity contribution in [2.45, 2.75) is 52.1 Å². The van der Waals surface area contributed by atoms with Gasteiger partial charge in [0.05, 0.1) is 11.8 Å². The Morgan fingerprint density at radius 1 is 1.12 bits per heavy atom. The van der Waals surface area contributed by atoms with Crippen molar-refractivity contribution in [3.05, 3.63) is 0 Å².